The van der Waals surface area contributed by atoms with E-state index in [9.17, 15) is 4.79 Å². The Morgan fingerprint density at radius 3 is 2.70 bits per heavy atom. The Bertz CT molecular complexity index is 1340. The number of hydrogen-bond donors (Lipinski definition) is 2. The van der Waals surface area contributed by atoms with Gasteiger partial charge in [-0.15, -0.1) is 0 Å². The largest absolute Gasteiger partial charge is 0.493 e. The van der Waals surface area contributed by atoms with Crippen molar-refractivity contribution in [1.82, 2.24) is 15.2 Å². The first-order valence-electron chi connectivity index (χ1n) is 12.3. The molecule has 2 N–H and O–H groups in total. The molecule has 37 heavy (non-hydrogen) atoms. The fourth-order valence-electron chi connectivity index (χ4n) is 4.68. The highest BCUT2D eigenvalue weighted by molar-refractivity contribution is 7.80. The van der Waals surface area contributed by atoms with Crippen LogP contribution in [0.2, 0.25) is 0 Å². The molecular formula is C27H31N3O6S. The molecule has 2 aromatic carbocycles. The van der Waals surface area contributed by atoms with Crippen LogP contribution in [0.15, 0.2) is 41.2 Å². The van der Waals surface area contributed by atoms with Gasteiger partial charge >= 0.3 is 0 Å². The van der Waals surface area contributed by atoms with Crippen molar-refractivity contribution in [3.8, 4) is 23.0 Å². The second-order valence-electron chi connectivity index (χ2n) is 9.10. The lowest BCUT2D eigenvalue weighted by Gasteiger charge is -2.28. The van der Waals surface area contributed by atoms with Crippen LogP contribution in [0.4, 0.5) is 0 Å². The van der Waals surface area contributed by atoms with Gasteiger partial charge in [0.15, 0.2) is 28.1 Å². The van der Waals surface area contributed by atoms with E-state index in [2.05, 4.69) is 10.3 Å². The molecule has 0 spiro atoms. The number of nitrogens with one attached hydrogen (secondary N) is 2. The van der Waals surface area contributed by atoms with E-state index in [1.807, 2.05) is 35.2 Å². The van der Waals surface area contributed by atoms with Crippen molar-refractivity contribution >= 4 is 28.2 Å². The first-order valence-corrected chi connectivity index (χ1v) is 12.8. The van der Waals surface area contributed by atoms with E-state index in [1.165, 1.54) is 0 Å². The maximum atomic E-state index is 13.0. The number of fused-ring (bicyclic) bond motifs is 2. The fraction of sp³-hybridized carbons (Fsp3) is 0.407. The molecule has 5 rings (SSSR count). The summed E-state index contributed by atoms with van der Waals surface area (Å²) < 4.78 is 27.5. The van der Waals surface area contributed by atoms with E-state index in [0.29, 0.717) is 58.8 Å². The van der Waals surface area contributed by atoms with Crippen molar-refractivity contribution in [2.24, 2.45) is 0 Å². The second kappa shape index (κ2) is 11.3. The van der Waals surface area contributed by atoms with Gasteiger partial charge in [0.05, 0.1) is 32.4 Å². The van der Waals surface area contributed by atoms with Crippen molar-refractivity contribution < 1.29 is 23.7 Å². The van der Waals surface area contributed by atoms with E-state index in [0.717, 1.165) is 36.8 Å². The number of rotatable bonds is 9. The van der Waals surface area contributed by atoms with Gasteiger partial charge in [0.2, 0.25) is 6.79 Å². The average Bonchev–Trinajstić information content (AvgIpc) is 3.59. The normalized spacial score (nSPS) is 16.1. The number of benzene rings is 2. The molecule has 3 heterocycles. The fourth-order valence-corrected chi connectivity index (χ4v) is 4.92. The zero-order chi connectivity index (χ0) is 25.8. The molecule has 1 fully saturated rings. The summed E-state index contributed by atoms with van der Waals surface area (Å²) in [5.41, 5.74) is 2.27. The molecule has 3 aromatic rings. The highest BCUT2D eigenvalue weighted by Gasteiger charge is 2.23. The molecule has 0 unspecified atom stereocenters. The average molecular weight is 526 g/mol. The zero-order valence-corrected chi connectivity index (χ0v) is 21.8. The zero-order valence-electron chi connectivity index (χ0n) is 21.0. The van der Waals surface area contributed by atoms with Crippen LogP contribution in [-0.2, 0) is 17.7 Å². The summed E-state index contributed by atoms with van der Waals surface area (Å²) in [6.45, 7) is 2.54. The summed E-state index contributed by atoms with van der Waals surface area (Å²) in [5, 5.41) is 4.83. The van der Waals surface area contributed by atoms with Crippen molar-refractivity contribution in [3.63, 3.8) is 0 Å². The molecule has 2 aliphatic rings. The first kappa shape index (κ1) is 25.2. The van der Waals surface area contributed by atoms with Crippen molar-refractivity contribution in [2.45, 2.75) is 31.9 Å². The number of pyridine rings is 1. The number of nitrogens with zero attached hydrogens (tertiary/aromatic N) is 1. The number of aromatic nitrogens is 1. The summed E-state index contributed by atoms with van der Waals surface area (Å²) in [7, 11) is 3.25. The molecule has 0 amide bonds. The molecule has 0 aliphatic carbocycles. The SMILES string of the molecule is COc1ccc(CCNC(=S)N(Cc2cc3cc4c(cc3[nH]c2=O)OCO4)C[C@@H]2CCCO2)cc1OC. The number of H-pyrrole nitrogens is 1. The van der Waals surface area contributed by atoms with Gasteiger partial charge in [-0.3, -0.25) is 4.79 Å². The molecule has 1 saturated heterocycles. The van der Waals surface area contributed by atoms with E-state index in [-0.39, 0.29) is 18.5 Å². The van der Waals surface area contributed by atoms with Crippen LogP contribution < -0.4 is 29.8 Å². The number of methoxy groups -OCH3 is 2. The Kier molecular flexibility index (Phi) is 7.66. The maximum Gasteiger partial charge on any atom is 0.253 e. The highest BCUT2D eigenvalue weighted by atomic mass is 32.1. The van der Waals surface area contributed by atoms with Gasteiger partial charge in [-0.1, -0.05) is 6.07 Å². The highest BCUT2D eigenvalue weighted by Crippen LogP contribution is 2.35. The topological polar surface area (TPSA) is 94.3 Å². The van der Waals surface area contributed by atoms with E-state index in [1.54, 1.807) is 20.3 Å². The molecule has 9 nitrogen and oxygen atoms in total. The van der Waals surface area contributed by atoms with Crippen molar-refractivity contribution in [2.75, 3.05) is 40.7 Å². The van der Waals surface area contributed by atoms with Crippen LogP contribution >= 0.6 is 12.2 Å². The number of hydrogen-bond acceptors (Lipinski definition) is 7. The van der Waals surface area contributed by atoms with Gasteiger partial charge in [0.1, 0.15) is 0 Å². The summed E-state index contributed by atoms with van der Waals surface area (Å²) in [6.07, 6.45) is 2.83. The lowest BCUT2D eigenvalue weighted by molar-refractivity contribution is 0.0897. The smallest absolute Gasteiger partial charge is 0.253 e. The summed E-state index contributed by atoms with van der Waals surface area (Å²) in [4.78, 5) is 18.0. The third-order valence-corrected chi connectivity index (χ3v) is 7.05. The molecule has 0 bridgehead atoms. The number of thiocarbonyl (C=S) groups is 1. The minimum absolute atomic E-state index is 0.0824. The van der Waals surface area contributed by atoms with Crippen LogP contribution in [0, 0.1) is 0 Å². The van der Waals surface area contributed by atoms with Crippen molar-refractivity contribution in [3.05, 3.63) is 57.9 Å². The quantitative estimate of drug-likeness (QED) is 0.408. The monoisotopic (exact) mass is 525 g/mol. The third-order valence-electron chi connectivity index (χ3n) is 6.65. The Balaban J connectivity index is 1.30. The van der Waals surface area contributed by atoms with Crippen LogP contribution in [0.1, 0.15) is 24.0 Å². The molecule has 2 aliphatic heterocycles. The molecular weight excluding hydrogens is 494 g/mol. The van der Waals surface area contributed by atoms with Crippen LogP contribution in [-0.4, -0.2) is 61.8 Å². The molecule has 1 atom stereocenters. The minimum atomic E-state index is -0.156. The predicted octanol–water partition coefficient (Wildman–Crippen LogP) is 3.37. The molecule has 10 heteroatoms. The first-order chi connectivity index (χ1) is 18.0. The Morgan fingerprint density at radius 2 is 1.95 bits per heavy atom. The predicted molar refractivity (Wildman–Crippen MR) is 144 cm³/mol. The van der Waals surface area contributed by atoms with Gasteiger partial charge in [0.25, 0.3) is 5.56 Å². The maximum absolute atomic E-state index is 13.0. The Hall–Kier alpha value is -3.50. The minimum Gasteiger partial charge on any atom is -0.493 e. The standard InChI is InChI=1S/C27H31N3O6S/c1-32-22-6-5-17(10-23(22)33-2)7-8-28-27(37)30(15-20-4-3-9-34-20)14-19-11-18-12-24-25(36-16-35-24)13-21(18)29-26(19)31/h5-6,10-13,20H,3-4,7-9,14-16H2,1-2H3,(H,28,37)(H,29,31)/t20-/m0/s1. The van der Waals surface area contributed by atoms with Crippen LogP contribution in [0.5, 0.6) is 23.0 Å². The Labute approximate surface area is 220 Å². The molecule has 0 saturated carbocycles. The second-order valence-corrected chi connectivity index (χ2v) is 9.49. The van der Waals surface area contributed by atoms with Gasteiger partial charge in [-0.25, -0.2) is 0 Å². The van der Waals surface area contributed by atoms with Crippen LogP contribution in [0.25, 0.3) is 10.9 Å². The summed E-state index contributed by atoms with van der Waals surface area (Å²) >= 11 is 5.78. The van der Waals surface area contributed by atoms with E-state index in [4.69, 9.17) is 35.9 Å². The summed E-state index contributed by atoms with van der Waals surface area (Å²) in [6, 6.07) is 11.5. The van der Waals surface area contributed by atoms with Crippen LogP contribution in [0.3, 0.4) is 0 Å². The van der Waals surface area contributed by atoms with Gasteiger partial charge in [-0.05, 0) is 61.3 Å². The molecule has 196 valence electrons. The van der Waals surface area contributed by atoms with Gasteiger partial charge in [0, 0.05) is 36.7 Å². The van der Waals surface area contributed by atoms with Crippen molar-refractivity contribution in [1.29, 1.82) is 0 Å². The number of aromatic amines is 1. The third kappa shape index (κ3) is 5.75. The molecule has 0 radical (unpaired) electrons. The van der Waals surface area contributed by atoms with E-state index >= 15 is 0 Å². The Morgan fingerprint density at radius 1 is 1.14 bits per heavy atom. The van der Waals surface area contributed by atoms with Gasteiger partial charge in [-0.2, -0.15) is 0 Å². The summed E-state index contributed by atoms with van der Waals surface area (Å²) in [5.74, 6) is 2.70. The van der Waals surface area contributed by atoms with E-state index < -0.39 is 0 Å². The number of ether oxygens (including phenoxy) is 5. The lowest BCUT2D eigenvalue weighted by Crippen LogP contribution is -2.44. The lowest BCUT2D eigenvalue weighted by atomic mass is 10.1. The van der Waals surface area contributed by atoms with Gasteiger partial charge < -0.3 is 38.9 Å². The molecule has 1 aromatic heterocycles.